The third kappa shape index (κ3) is 2.80. The van der Waals surface area contributed by atoms with Gasteiger partial charge in [-0.15, -0.1) is 0 Å². The first-order chi connectivity index (χ1) is 7.95. The van der Waals surface area contributed by atoms with Crippen molar-refractivity contribution in [2.75, 3.05) is 19.1 Å². The van der Waals surface area contributed by atoms with E-state index >= 15 is 0 Å². The van der Waals surface area contributed by atoms with Crippen molar-refractivity contribution in [2.45, 2.75) is 26.8 Å². The predicted octanol–water partition coefficient (Wildman–Crippen LogP) is 3.75. The topological polar surface area (TPSA) is 35.2 Å². The highest BCUT2D eigenvalue weighted by molar-refractivity contribution is 9.10. The molecule has 1 rings (SSSR count). The molecule has 0 saturated carbocycles. The van der Waals surface area contributed by atoms with Crippen LogP contribution in [0, 0.1) is 20.8 Å². The Balaban J connectivity index is 3.46. The molecule has 1 unspecified atom stereocenters. The lowest BCUT2D eigenvalue weighted by Crippen LogP contribution is -2.17. The lowest BCUT2D eigenvalue weighted by atomic mass is 9.95. The van der Waals surface area contributed by atoms with E-state index in [9.17, 15) is 0 Å². The molecule has 0 fully saturated rings. The molecule has 1 atom stereocenters. The standard InChI is InChI=1S/C13H20BrNOS/c1-7-8(2)13(16-4)11(9(3)12(7)14)10(15)6-17-5/h10H,6,15H2,1-5H3. The van der Waals surface area contributed by atoms with Crippen LogP contribution in [-0.4, -0.2) is 19.1 Å². The zero-order valence-electron chi connectivity index (χ0n) is 11.1. The number of benzene rings is 1. The number of rotatable bonds is 4. The summed E-state index contributed by atoms with van der Waals surface area (Å²) in [6.45, 7) is 6.26. The van der Waals surface area contributed by atoms with Gasteiger partial charge in [-0.25, -0.2) is 0 Å². The van der Waals surface area contributed by atoms with E-state index < -0.39 is 0 Å². The summed E-state index contributed by atoms with van der Waals surface area (Å²) in [7, 11) is 1.71. The first-order valence-corrected chi connectivity index (χ1v) is 7.72. The van der Waals surface area contributed by atoms with Gasteiger partial charge in [0, 0.05) is 21.8 Å². The zero-order valence-corrected chi connectivity index (χ0v) is 13.5. The fraction of sp³-hybridized carbons (Fsp3) is 0.538. The molecular formula is C13H20BrNOS. The van der Waals surface area contributed by atoms with Gasteiger partial charge in [-0.2, -0.15) is 11.8 Å². The van der Waals surface area contributed by atoms with Crippen LogP contribution in [0.25, 0.3) is 0 Å². The molecule has 0 amide bonds. The number of methoxy groups -OCH3 is 1. The fourth-order valence-electron chi connectivity index (χ4n) is 2.08. The summed E-state index contributed by atoms with van der Waals surface area (Å²) in [5, 5.41) is 0. The number of hydrogen-bond acceptors (Lipinski definition) is 3. The summed E-state index contributed by atoms with van der Waals surface area (Å²) in [5.41, 5.74) is 10.9. The zero-order chi connectivity index (χ0) is 13.2. The molecule has 0 spiro atoms. The van der Waals surface area contributed by atoms with Gasteiger partial charge in [-0.05, 0) is 43.7 Å². The van der Waals surface area contributed by atoms with Crippen LogP contribution in [0.15, 0.2) is 4.47 Å². The van der Waals surface area contributed by atoms with Crippen LogP contribution >= 0.6 is 27.7 Å². The second-order valence-electron chi connectivity index (χ2n) is 4.20. The molecule has 1 aromatic carbocycles. The van der Waals surface area contributed by atoms with Crippen LogP contribution in [0.5, 0.6) is 5.75 Å². The maximum Gasteiger partial charge on any atom is 0.127 e. The Hall–Kier alpha value is -0.190. The van der Waals surface area contributed by atoms with Gasteiger partial charge < -0.3 is 10.5 Å². The number of thioether (sulfide) groups is 1. The molecule has 0 aliphatic carbocycles. The van der Waals surface area contributed by atoms with E-state index in [4.69, 9.17) is 10.5 Å². The van der Waals surface area contributed by atoms with Crippen LogP contribution in [-0.2, 0) is 0 Å². The molecule has 2 nitrogen and oxygen atoms in total. The summed E-state index contributed by atoms with van der Waals surface area (Å²) in [4.78, 5) is 0. The van der Waals surface area contributed by atoms with Crippen LogP contribution in [0.2, 0.25) is 0 Å². The van der Waals surface area contributed by atoms with Gasteiger partial charge in [0.2, 0.25) is 0 Å². The van der Waals surface area contributed by atoms with Crippen molar-refractivity contribution < 1.29 is 4.74 Å². The van der Waals surface area contributed by atoms with E-state index in [0.717, 1.165) is 27.1 Å². The molecule has 0 aliphatic rings. The molecule has 0 aliphatic heterocycles. The molecule has 4 heteroatoms. The molecule has 0 bridgehead atoms. The highest BCUT2D eigenvalue weighted by Crippen LogP contribution is 2.39. The largest absolute Gasteiger partial charge is 0.496 e. The van der Waals surface area contributed by atoms with Crippen molar-refractivity contribution in [1.29, 1.82) is 0 Å². The maximum atomic E-state index is 6.25. The lowest BCUT2D eigenvalue weighted by Gasteiger charge is -2.22. The van der Waals surface area contributed by atoms with E-state index in [2.05, 4.69) is 43.0 Å². The Labute approximate surface area is 116 Å². The van der Waals surface area contributed by atoms with Crippen molar-refractivity contribution in [1.82, 2.24) is 0 Å². The monoisotopic (exact) mass is 317 g/mol. The van der Waals surface area contributed by atoms with Gasteiger partial charge in [0.1, 0.15) is 5.75 Å². The average molecular weight is 318 g/mol. The van der Waals surface area contributed by atoms with E-state index in [1.54, 1.807) is 18.9 Å². The van der Waals surface area contributed by atoms with Crippen LogP contribution < -0.4 is 10.5 Å². The summed E-state index contributed by atoms with van der Waals surface area (Å²) >= 11 is 5.40. The molecule has 17 heavy (non-hydrogen) atoms. The van der Waals surface area contributed by atoms with Crippen LogP contribution in [0.4, 0.5) is 0 Å². The van der Waals surface area contributed by atoms with E-state index in [-0.39, 0.29) is 6.04 Å². The normalized spacial score (nSPS) is 12.6. The summed E-state index contributed by atoms with van der Waals surface area (Å²) in [6, 6.07) is 0.00977. The summed E-state index contributed by atoms with van der Waals surface area (Å²) in [6.07, 6.45) is 2.07. The average Bonchev–Trinajstić information content (AvgIpc) is 2.31. The number of hydrogen-bond donors (Lipinski definition) is 1. The van der Waals surface area contributed by atoms with Gasteiger partial charge in [-0.3, -0.25) is 0 Å². The molecule has 0 aromatic heterocycles. The Kier molecular flexibility index (Phi) is 5.35. The molecule has 96 valence electrons. The second kappa shape index (κ2) is 6.12. The third-order valence-corrected chi connectivity index (χ3v) is 5.01. The second-order valence-corrected chi connectivity index (χ2v) is 5.90. The number of halogens is 1. The Morgan fingerprint density at radius 1 is 1.24 bits per heavy atom. The minimum absolute atomic E-state index is 0.00977. The first kappa shape index (κ1) is 14.9. The predicted molar refractivity (Wildman–Crippen MR) is 80.2 cm³/mol. The highest BCUT2D eigenvalue weighted by Gasteiger charge is 2.20. The van der Waals surface area contributed by atoms with E-state index in [1.807, 2.05) is 0 Å². The molecule has 2 N–H and O–H groups in total. The smallest absolute Gasteiger partial charge is 0.127 e. The van der Waals surface area contributed by atoms with Gasteiger partial charge in [0.25, 0.3) is 0 Å². The Bertz CT molecular complexity index is 421. The fourth-order valence-corrected chi connectivity index (χ4v) is 3.12. The SMILES string of the molecule is COc1c(C)c(C)c(Br)c(C)c1C(N)CSC. The lowest BCUT2D eigenvalue weighted by molar-refractivity contribution is 0.403. The quantitative estimate of drug-likeness (QED) is 0.918. The third-order valence-electron chi connectivity index (χ3n) is 3.13. The number of ether oxygens (including phenoxy) is 1. The minimum Gasteiger partial charge on any atom is -0.496 e. The van der Waals surface area contributed by atoms with E-state index in [1.165, 1.54) is 11.1 Å². The first-order valence-electron chi connectivity index (χ1n) is 5.53. The van der Waals surface area contributed by atoms with Gasteiger partial charge in [0.15, 0.2) is 0 Å². The van der Waals surface area contributed by atoms with Gasteiger partial charge in [-0.1, -0.05) is 15.9 Å². The molecule has 0 saturated heterocycles. The Morgan fingerprint density at radius 2 is 1.82 bits per heavy atom. The Morgan fingerprint density at radius 3 is 2.29 bits per heavy atom. The van der Waals surface area contributed by atoms with Crippen molar-refractivity contribution >= 4 is 27.7 Å². The van der Waals surface area contributed by atoms with Crippen molar-refractivity contribution in [2.24, 2.45) is 5.73 Å². The van der Waals surface area contributed by atoms with Gasteiger partial charge >= 0.3 is 0 Å². The van der Waals surface area contributed by atoms with E-state index in [0.29, 0.717) is 0 Å². The maximum absolute atomic E-state index is 6.25. The van der Waals surface area contributed by atoms with Crippen LogP contribution in [0.1, 0.15) is 28.3 Å². The molecule has 0 heterocycles. The molecular weight excluding hydrogens is 298 g/mol. The van der Waals surface area contributed by atoms with Gasteiger partial charge in [0.05, 0.1) is 7.11 Å². The van der Waals surface area contributed by atoms with Crippen LogP contribution in [0.3, 0.4) is 0 Å². The summed E-state index contributed by atoms with van der Waals surface area (Å²) < 4.78 is 6.69. The summed E-state index contributed by atoms with van der Waals surface area (Å²) in [5.74, 6) is 1.83. The van der Waals surface area contributed by atoms with Crippen molar-refractivity contribution in [3.8, 4) is 5.75 Å². The molecule has 0 radical (unpaired) electrons. The van der Waals surface area contributed by atoms with Crippen molar-refractivity contribution in [3.63, 3.8) is 0 Å². The van der Waals surface area contributed by atoms with Crippen molar-refractivity contribution in [3.05, 3.63) is 26.7 Å². The number of nitrogens with two attached hydrogens (primary N) is 1. The molecule has 1 aromatic rings. The highest BCUT2D eigenvalue weighted by atomic mass is 79.9. The minimum atomic E-state index is 0.00977.